The van der Waals surface area contributed by atoms with Crippen LogP contribution < -0.4 is 4.74 Å². The highest BCUT2D eigenvalue weighted by Crippen LogP contribution is 2.24. The molecule has 0 amide bonds. The van der Waals surface area contributed by atoms with Gasteiger partial charge in [0.1, 0.15) is 5.75 Å². The zero-order chi connectivity index (χ0) is 12.1. The lowest BCUT2D eigenvalue weighted by Gasteiger charge is -2.23. The van der Waals surface area contributed by atoms with Gasteiger partial charge in [-0.2, -0.15) is 0 Å². The first kappa shape index (κ1) is 12.0. The number of hydrogen-bond acceptors (Lipinski definition) is 3. The Morgan fingerprint density at radius 3 is 2.76 bits per heavy atom. The fourth-order valence-corrected chi connectivity index (χ4v) is 2.23. The monoisotopic (exact) mass is 233 g/mol. The van der Waals surface area contributed by atoms with Crippen molar-refractivity contribution in [2.24, 2.45) is 5.16 Å². The summed E-state index contributed by atoms with van der Waals surface area (Å²) in [7, 11) is 0. The van der Waals surface area contributed by atoms with E-state index in [-0.39, 0.29) is 0 Å². The molecule has 3 heteroatoms. The van der Waals surface area contributed by atoms with Gasteiger partial charge < -0.3 is 9.94 Å². The van der Waals surface area contributed by atoms with Gasteiger partial charge in [0.25, 0.3) is 0 Å². The molecule has 1 aliphatic carbocycles. The van der Waals surface area contributed by atoms with Crippen LogP contribution in [0, 0.1) is 0 Å². The molecular weight excluding hydrogens is 214 g/mol. The Morgan fingerprint density at radius 1 is 1.29 bits per heavy atom. The standard InChI is InChI=1S/C14H19NO2/c1-11(15-16)12-6-5-9-14(10-12)17-13-7-3-2-4-8-13/h5-6,9-10,13,16H,2-4,7-8H2,1H3/b15-11+. The molecular formula is C14H19NO2. The second-order valence-electron chi connectivity index (χ2n) is 4.59. The van der Waals surface area contributed by atoms with Crippen LogP contribution in [0.5, 0.6) is 5.75 Å². The first-order valence-corrected chi connectivity index (χ1v) is 6.25. The van der Waals surface area contributed by atoms with E-state index in [1.165, 1.54) is 19.3 Å². The van der Waals surface area contributed by atoms with E-state index in [9.17, 15) is 0 Å². The molecule has 0 aromatic heterocycles. The summed E-state index contributed by atoms with van der Waals surface area (Å²) in [6.45, 7) is 1.78. The van der Waals surface area contributed by atoms with Crippen LogP contribution in [0.4, 0.5) is 0 Å². The third kappa shape index (κ3) is 3.22. The van der Waals surface area contributed by atoms with E-state index in [0.717, 1.165) is 24.2 Å². The minimum atomic E-state index is 0.352. The lowest BCUT2D eigenvalue weighted by Crippen LogP contribution is -2.19. The highest BCUT2D eigenvalue weighted by molar-refractivity contribution is 5.98. The molecule has 1 aromatic carbocycles. The Kier molecular flexibility index (Phi) is 4.02. The largest absolute Gasteiger partial charge is 0.490 e. The topological polar surface area (TPSA) is 41.8 Å². The Balaban J connectivity index is 2.05. The van der Waals surface area contributed by atoms with Crippen LogP contribution in [0.3, 0.4) is 0 Å². The van der Waals surface area contributed by atoms with Gasteiger partial charge in [0, 0.05) is 5.56 Å². The number of oxime groups is 1. The van der Waals surface area contributed by atoms with Crippen molar-refractivity contribution in [3.63, 3.8) is 0 Å². The normalized spacial score (nSPS) is 18.1. The maximum absolute atomic E-state index is 8.75. The second kappa shape index (κ2) is 5.71. The second-order valence-corrected chi connectivity index (χ2v) is 4.59. The fourth-order valence-electron chi connectivity index (χ4n) is 2.23. The fraction of sp³-hybridized carbons (Fsp3) is 0.500. The molecule has 2 rings (SSSR count). The van der Waals surface area contributed by atoms with Gasteiger partial charge in [0.15, 0.2) is 0 Å². The Morgan fingerprint density at radius 2 is 2.06 bits per heavy atom. The molecule has 1 aliphatic rings. The third-order valence-electron chi connectivity index (χ3n) is 3.26. The number of nitrogens with zero attached hydrogens (tertiary/aromatic N) is 1. The highest BCUT2D eigenvalue weighted by atomic mass is 16.5. The molecule has 1 aromatic rings. The van der Waals surface area contributed by atoms with Crippen molar-refractivity contribution < 1.29 is 9.94 Å². The zero-order valence-corrected chi connectivity index (χ0v) is 10.2. The summed E-state index contributed by atoms with van der Waals surface area (Å²) in [4.78, 5) is 0. The van der Waals surface area contributed by atoms with Crippen molar-refractivity contribution in [2.75, 3.05) is 0 Å². The Bertz CT molecular complexity index is 395. The molecule has 0 spiro atoms. The third-order valence-corrected chi connectivity index (χ3v) is 3.26. The highest BCUT2D eigenvalue weighted by Gasteiger charge is 2.14. The van der Waals surface area contributed by atoms with Crippen LogP contribution >= 0.6 is 0 Å². The molecule has 92 valence electrons. The van der Waals surface area contributed by atoms with E-state index in [1.54, 1.807) is 6.92 Å². The summed E-state index contributed by atoms with van der Waals surface area (Å²) < 4.78 is 5.95. The lowest BCUT2D eigenvalue weighted by atomic mass is 9.98. The minimum absolute atomic E-state index is 0.352. The lowest BCUT2D eigenvalue weighted by molar-refractivity contribution is 0.155. The van der Waals surface area contributed by atoms with E-state index in [0.29, 0.717) is 11.8 Å². The van der Waals surface area contributed by atoms with E-state index < -0.39 is 0 Å². The van der Waals surface area contributed by atoms with Crippen molar-refractivity contribution in [2.45, 2.75) is 45.1 Å². The van der Waals surface area contributed by atoms with Crippen LogP contribution in [0.2, 0.25) is 0 Å². The molecule has 0 bridgehead atoms. The molecule has 0 heterocycles. The minimum Gasteiger partial charge on any atom is -0.490 e. The number of rotatable bonds is 3. The average Bonchev–Trinajstić information content (AvgIpc) is 2.39. The zero-order valence-electron chi connectivity index (χ0n) is 10.2. The summed E-state index contributed by atoms with van der Waals surface area (Å²) in [5, 5.41) is 12.0. The summed E-state index contributed by atoms with van der Waals surface area (Å²) >= 11 is 0. The quantitative estimate of drug-likeness (QED) is 0.492. The molecule has 0 atom stereocenters. The molecule has 1 fully saturated rings. The number of ether oxygens (including phenoxy) is 1. The average molecular weight is 233 g/mol. The molecule has 0 radical (unpaired) electrons. The SMILES string of the molecule is C/C(=N\O)c1cccc(OC2CCCCC2)c1. The van der Waals surface area contributed by atoms with Crippen LogP contribution in [-0.4, -0.2) is 17.0 Å². The molecule has 3 nitrogen and oxygen atoms in total. The molecule has 17 heavy (non-hydrogen) atoms. The first-order chi connectivity index (χ1) is 8.29. The van der Waals surface area contributed by atoms with Crippen molar-refractivity contribution in [1.29, 1.82) is 0 Å². The summed E-state index contributed by atoms with van der Waals surface area (Å²) in [6, 6.07) is 7.75. The van der Waals surface area contributed by atoms with Crippen LogP contribution in [0.15, 0.2) is 29.4 Å². The molecule has 0 unspecified atom stereocenters. The van der Waals surface area contributed by atoms with Gasteiger partial charge >= 0.3 is 0 Å². The molecule has 1 saturated carbocycles. The van der Waals surface area contributed by atoms with Gasteiger partial charge in [-0.3, -0.25) is 0 Å². The predicted octanol–water partition coefficient (Wildman–Crippen LogP) is 3.60. The van der Waals surface area contributed by atoms with Crippen molar-refractivity contribution in [1.82, 2.24) is 0 Å². The number of benzene rings is 1. The van der Waals surface area contributed by atoms with Gasteiger partial charge in [-0.05, 0) is 44.7 Å². The van der Waals surface area contributed by atoms with Crippen LogP contribution in [0.1, 0.15) is 44.6 Å². The van der Waals surface area contributed by atoms with E-state index in [2.05, 4.69) is 5.16 Å². The van der Waals surface area contributed by atoms with Gasteiger partial charge in [-0.15, -0.1) is 0 Å². The Hall–Kier alpha value is -1.51. The van der Waals surface area contributed by atoms with Gasteiger partial charge in [-0.1, -0.05) is 23.7 Å². The predicted molar refractivity (Wildman–Crippen MR) is 67.9 cm³/mol. The Labute approximate surface area is 102 Å². The van der Waals surface area contributed by atoms with E-state index >= 15 is 0 Å². The summed E-state index contributed by atoms with van der Waals surface area (Å²) in [5.74, 6) is 0.873. The summed E-state index contributed by atoms with van der Waals surface area (Å²) in [5.41, 5.74) is 1.51. The van der Waals surface area contributed by atoms with Crippen LogP contribution in [0.25, 0.3) is 0 Å². The van der Waals surface area contributed by atoms with Crippen molar-refractivity contribution >= 4 is 5.71 Å². The maximum atomic E-state index is 8.75. The smallest absolute Gasteiger partial charge is 0.120 e. The van der Waals surface area contributed by atoms with E-state index in [4.69, 9.17) is 9.94 Å². The van der Waals surface area contributed by atoms with Gasteiger partial charge in [0.2, 0.25) is 0 Å². The van der Waals surface area contributed by atoms with E-state index in [1.807, 2.05) is 24.3 Å². The van der Waals surface area contributed by atoms with Crippen molar-refractivity contribution in [3.05, 3.63) is 29.8 Å². The maximum Gasteiger partial charge on any atom is 0.120 e. The molecule has 0 aliphatic heterocycles. The van der Waals surface area contributed by atoms with Gasteiger partial charge in [-0.25, -0.2) is 0 Å². The number of hydrogen-bond donors (Lipinski definition) is 1. The van der Waals surface area contributed by atoms with Gasteiger partial charge in [0.05, 0.1) is 11.8 Å². The molecule has 1 N–H and O–H groups in total. The molecule has 0 saturated heterocycles. The summed E-state index contributed by atoms with van der Waals surface area (Å²) in [6.07, 6.45) is 6.51. The first-order valence-electron chi connectivity index (χ1n) is 6.25. The van der Waals surface area contributed by atoms with Crippen LogP contribution in [-0.2, 0) is 0 Å². The van der Waals surface area contributed by atoms with Crippen molar-refractivity contribution in [3.8, 4) is 5.75 Å².